The molecule has 3 rings (SSSR count). The molecule has 42 heavy (non-hydrogen) atoms. The van der Waals surface area contributed by atoms with Crippen molar-refractivity contribution >= 4 is 19.8 Å². The van der Waals surface area contributed by atoms with Crippen LogP contribution in [0, 0.1) is 20.8 Å². The van der Waals surface area contributed by atoms with E-state index in [1.807, 2.05) is 89.2 Å². The molecule has 3 aromatic carbocycles. The number of phosphoric acid groups is 1. The third-order valence-corrected chi connectivity index (χ3v) is 7.01. The molecule has 0 spiro atoms. The molecule has 0 atom stereocenters. The molecule has 0 saturated heterocycles. The number of esters is 2. The highest BCUT2D eigenvalue weighted by Crippen LogP contribution is 2.51. The number of carbonyl (C=O) groups excluding carboxylic acids is 2. The number of para-hydroxylation sites is 3. The van der Waals surface area contributed by atoms with Crippen LogP contribution >= 0.6 is 7.82 Å². The van der Waals surface area contributed by atoms with Gasteiger partial charge in [-0.2, -0.15) is 4.57 Å². The van der Waals surface area contributed by atoms with E-state index in [1.165, 1.54) is 0 Å². The Morgan fingerprint density at radius 2 is 0.905 bits per heavy atom. The highest BCUT2D eigenvalue weighted by Gasteiger charge is 2.34. The molecular formula is C33H41O8P. The summed E-state index contributed by atoms with van der Waals surface area (Å²) in [6.07, 6.45) is 5.81. The molecule has 0 amide bonds. The monoisotopic (exact) mass is 596 g/mol. The van der Waals surface area contributed by atoms with Gasteiger partial charge in [0.1, 0.15) is 17.2 Å². The van der Waals surface area contributed by atoms with Gasteiger partial charge in [-0.1, -0.05) is 81.3 Å². The molecule has 9 heteroatoms. The fourth-order valence-electron chi connectivity index (χ4n) is 3.26. The highest BCUT2D eigenvalue weighted by atomic mass is 31.2. The predicted octanol–water partition coefficient (Wildman–Crippen LogP) is 8.49. The first-order chi connectivity index (χ1) is 20.2. The molecule has 0 radical (unpaired) electrons. The van der Waals surface area contributed by atoms with Crippen LogP contribution in [0.2, 0.25) is 0 Å². The van der Waals surface area contributed by atoms with Crippen LogP contribution in [0.15, 0.2) is 84.9 Å². The Bertz CT molecular complexity index is 1200. The number of carbonyl (C=O) groups is 2. The molecule has 0 aliphatic rings. The van der Waals surface area contributed by atoms with Gasteiger partial charge in [0.25, 0.3) is 0 Å². The van der Waals surface area contributed by atoms with Gasteiger partial charge < -0.3 is 23.0 Å². The maximum atomic E-state index is 13.5. The van der Waals surface area contributed by atoms with Crippen molar-refractivity contribution in [3.05, 3.63) is 102 Å². The van der Waals surface area contributed by atoms with Crippen molar-refractivity contribution in [2.45, 2.75) is 60.3 Å². The number of ether oxygens (including phenoxy) is 2. The minimum atomic E-state index is -3.97. The summed E-state index contributed by atoms with van der Waals surface area (Å²) in [6, 6.07) is 22.0. The van der Waals surface area contributed by atoms with Crippen LogP contribution in [0.25, 0.3) is 0 Å². The fraction of sp³-hybridized carbons (Fsp3) is 0.333. The minimum Gasteiger partial charge on any atom is -0.463 e. The zero-order valence-corrected chi connectivity index (χ0v) is 25.9. The summed E-state index contributed by atoms with van der Waals surface area (Å²) >= 11 is 0. The lowest BCUT2D eigenvalue weighted by Crippen LogP contribution is -2.09. The van der Waals surface area contributed by atoms with Gasteiger partial charge in [-0.3, -0.25) is 0 Å². The average Bonchev–Trinajstić information content (AvgIpc) is 2.96. The van der Waals surface area contributed by atoms with E-state index in [4.69, 9.17) is 23.0 Å². The van der Waals surface area contributed by atoms with Crippen LogP contribution in [0.4, 0.5) is 0 Å². The number of hydrogen-bond donors (Lipinski definition) is 0. The topological polar surface area (TPSA) is 97.4 Å². The van der Waals surface area contributed by atoms with Crippen LogP contribution in [0.1, 0.15) is 56.2 Å². The number of hydrogen-bond acceptors (Lipinski definition) is 8. The quantitative estimate of drug-likeness (QED) is 0.0791. The van der Waals surface area contributed by atoms with Crippen molar-refractivity contribution in [1.82, 2.24) is 0 Å². The molecule has 3 aromatic rings. The standard InChI is InChI=1S/C21H21O4P.C12H20O4/c1-16-10-4-7-13-19(16)23-26(22,24-20-14-8-5-11-17(20)2)25-21-15-9-6-12-18(21)3;1-3-5-9-15-11(13)7-8-12(14)16-10-6-4-2/h4-15H,1-3H3;7-8H,3-6,9-10H2,1-2H3/b;8-7-. The molecule has 0 heterocycles. The van der Waals surface area contributed by atoms with Crippen molar-refractivity contribution in [2.75, 3.05) is 13.2 Å². The second-order valence-corrected chi connectivity index (χ2v) is 10.8. The van der Waals surface area contributed by atoms with Gasteiger partial charge in [-0.15, -0.1) is 0 Å². The Kier molecular flexibility index (Phi) is 15.0. The first-order valence-electron chi connectivity index (χ1n) is 14.0. The SMILES string of the molecule is CCCCOC(=O)/C=C\C(=O)OCCCC.Cc1ccccc1OP(=O)(Oc1ccccc1C)Oc1ccccc1C. The van der Waals surface area contributed by atoms with Crippen LogP contribution in [-0.4, -0.2) is 25.2 Å². The summed E-state index contributed by atoms with van der Waals surface area (Å²) < 4.78 is 40.4. The summed E-state index contributed by atoms with van der Waals surface area (Å²) in [5.41, 5.74) is 2.53. The summed E-state index contributed by atoms with van der Waals surface area (Å²) in [6.45, 7) is 10.4. The lowest BCUT2D eigenvalue weighted by Gasteiger charge is -2.21. The first kappa shape index (κ1) is 34.2. The van der Waals surface area contributed by atoms with E-state index in [-0.39, 0.29) is 0 Å². The van der Waals surface area contributed by atoms with Gasteiger partial charge in [0.15, 0.2) is 0 Å². The Hall–Kier alpha value is -4.03. The molecule has 226 valence electrons. The Morgan fingerprint density at radius 3 is 1.19 bits per heavy atom. The van der Waals surface area contributed by atoms with Crippen LogP contribution < -0.4 is 13.6 Å². The van der Waals surface area contributed by atoms with Crippen LogP contribution in [0.5, 0.6) is 17.2 Å². The van der Waals surface area contributed by atoms with Crippen molar-refractivity contribution in [2.24, 2.45) is 0 Å². The van der Waals surface area contributed by atoms with Crippen LogP contribution in [0.3, 0.4) is 0 Å². The van der Waals surface area contributed by atoms with Gasteiger partial charge in [0, 0.05) is 12.2 Å². The molecule has 0 saturated carbocycles. The van der Waals surface area contributed by atoms with Gasteiger partial charge in [-0.25, -0.2) is 9.59 Å². The highest BCUT2D eigenvalue weighted by molar-refractivity contribution is 7.49. The van der Waals surface area contributed by atoms with Crippen molar-refractivity contribution in [1.29, 1.82) is 0 Å². The largest absolute Gasteiger partial charge is 0.647 e. The van der Waals surface area contributed by atoms with Gasteiger partial charge in [0.2, 0.25) is 0 Å². The van der Waals surface area contributed by atoms with E-state index in [1.54, 1.807) is 18.2 Å². The molecule has 0 aromatic heterocycles. The average molecular weight is 597 g/mol. The van der Waals surface area contributed by atoms with Crippen molar-refractivity contribution in [3.8, 4) is 17.2 Å². The molecule has 0 aliphatic carbocycles. The van der Waals surface area contributed by atoms with Gasteiger partial charge in [-0.05, 0) is 68.5 Å². The Labute approximate surface area is 249 Å². The molecule has 0 unspecified atom stereocenters. The number of aryl methyl sites for hydroxylation is 3. The zero-order chi connectivity index (χ0) is 30.8. The number of rotatable bonds is 14. The van der Waals surface area contributed by atoms with Crippen molar-refractivity contribution < 1.29 is 37.2 Å². The number of benzene rings is 3. The maximum absolute atomic E-state index is 13.5. The van der Waals surface area contributed by atoms with Crippen LogP contribution in [-0.2, 0) is 23.6 Å². The normalized spacial score (nSPS) is 10.8. The molecule has 0 fully saturated rings. The molecule has 0 N–H and O–H groups in total. The summed E-state index contributed by atoms with van der Waals surface area (Å²) in [5, 5.41) is 0. The van der Waals surface area contributed by atoms with Gasteiger partial charge >= 0.3 is 19.8 Å². The third-order valence-electron chi connectivity index (χ3n) is 5.75. The summed E-state index contributed by atoms with van der Waals surface area (Å²) in [5.74, 6) is 0.371. The fourth-order valence-corrected chi connectivity index (χ4v) is 4.71. The molecular weight excluding hydrogens is 555 g/mol. The van der Waals surface area contributed by atoms with E-state index >= 15 is 0 Å². The van der Waals surface area contributed by atoms with Crippen molar-refractivity contribution in [3.63, 3.8) is 0 Å². The third kappa shape index (κ3) is 12.6. The van der Waals surface area contributed by atoms with Gasteiger partial charge in [0.05, 0.1) is 13.2 Å². The second kappa shape index (κ2) is 18.4. The lowest BCUT2D eigenvalue weighted by molar-refractivity contribution is -0.140. The zero-order valence-electron chi connectivity index (χ0n) is 25.0. The first-order valence-corrected chi connectivity index (χ1v) is 15.5. The molecule has 0 aliphatic heterocycles. The maximum Gasteiger partial charge on any atom is 0.647 e. The number of unbranched alkanes of at least 4 members (excludes halogenated alkanes) is 2. The molecule has 8 nitrogen and oxygen atoms in total. The van der Waals surface area contributed by atoms with E-state index in [9.17, 15) is 14.2 Å². The van der Waals surface area contributed by atoms with E-state index in [0.717, 1.165) is 54.5 Å². The predicted molar refractivity (Wildman–Crippen MR) is 164 cm³/mol. The minimum absolute atomic E-state index is 0.393. The summed E-state index contributed by atoms with van der Waals surface area (Å²) in [4.78, 5) is 22.1. The smallest absolute Gasteiger partial charge is 0.463 e. The summed E-state index contributed by atoms with van der Waals surface area (Å²) in [7, 11) is -3.97. The number of phosphoric ester groups is 1. The molecule has 0 bridgehead atoms. The Morgan fingerprint density at radius 1 is 0.595 bits per heavy atom. The van der Waals surface area contributed by atoms with E-state index in [0.29, 0.717) is 30.5 Å². The van der Waals surface area contributed by atoms with E-state index in [2.05, 4.69) is 0 Å². The lowest BCUT2D eigenvalue weighted by atomic mass is 10.2. The second-order valence-electron chi connectivity index (χ2n) is 9.39. The Balaban J connectivity index is 0.000000334. The van der Waals surface area contributed by atoms with E-state index < -0.39 is 19.8 Å².